The number of hydrogen-bond acceptors (Lipinski definition) is 4. The zero-order chi connectivity index (χ0) is 20.1. The monoisotopic (exact) mass is 403 g/mol. The molecule has 0 saturated carbocycles. The molecule has 0 radical (unpaired) electrons. The fourth-order valence-electron chi connectivity index (χ4n) is 3.59. The Morgan fingerprint density at radius 1 is 1.32 bits per heavy atom. The summed E-state index contributed by atoms with van der Waals surface area (Å²) < 4.78 is 13.6. The lowest BCUT2D eigenvalue weighted by atomic mass is 9.96. The number of likely N-dealkylation sites (N-methyl/N-ethyl adjacent to an activating group) is 1. The van der Waals surface area contributed by atoms with E-state index in [1.54, 1.807) is 11.0 Å². The number of nitrogens with zero attached hydrogens (tertiary/aromatic N) is 2. The summed E-state index contributed by atoms with van der Waals surface area (Å²) in [5, 5.41) is 4.89. The van der Waals surface area contributed by atoms with E-state index in [1.165, 1.54) is 23.5 Å². The van der Waals surface area contributed by atoms with E-state index >= 15 is 0 Å². The molecule has 28 heavy (non-hydrogen) atoms. The first-order valence-corrected chi connectivity index (χ1v) is 10.4. The Morgan fingerprint density at radius 3 is 2.82 bits per heavy atom. The maximum Gasteiger partial charge on any atom is 0.263 e. The molecular formula is C21H26FN3O2S. The Hall–Kier alpha value is -2.25. The van der Waals surface area contributed by atoms with Gasteiger partial charge in [-0.25, -0.2) is 4.39 Å². The average Bonchev–Trinajstić information content (AvgIpc) is 3.22. The number of halogens is 1. The zero-order valence-electron chi connectivity index (χ0n) is 16.2. The molecule has 1 aliphatic heterocycles. The van der Waals surface area contributed by atoms with Crippen LogP contribution in [0.25, 0.3) is 0 Å². The molecule has 3 rings (SSSR count). The molecule has 2 atom stereocenters. The van der Waals surface area contributed by atoms with Crippen LogP contribution >= 0.6 is 11.3 Å². The fourth-order valence-corrected chi connectivity index (χ4v) is 4.28. The molecule has 150 valence electrons. The molecule has 0 bridgehead atoms. The highest BCUT2D eigenvalue weighted by atomic mass is 32.1. The number of benzene rings is 1. The predicted octanol–water partition coefficient (Wildman–Crippen LogP) is 3.16. The zero-order valence-corrected chi connectivity index (χ0v) is 17.0. The normalized spacial score (nSPS) is 18.1. The summed E-state index contributed by atoms with van der Waals surface area (Å²) in [6.45, 7) is 1.52. The lowest BCUT2D eigenvalue weighted by molar-refractivity contribution is -0.126. The van der Waals surface area contributed by atoms with Gasteiger partial charge < -0.3 is 15.1 Å². The lowest BCUT2D eigenvalue weighted by Crippen LogP contribution is -2.46. The summed E-state index contributed by atoms with van der Waals surface area (Å²) in [6.07, 6.45) is 1.59. The van der Waals surface area contributed by atoms with Crippen LogP contribution in [-0.4, -0.2) is 55.3 Å². The third-order valence-corrected chi connectivity index (χ3v) is 6.00. The number of carbonyl (C=O) groups excluding carboxylic acids is 2. The summed E-state index contributed by atoms with van der Waals surface area (Å²) in [5.41, 5.74) is 0.823. The first kappa shape index (κ1) is 20.5. The second-order valence-corrected chi connectivity index (χ2v) is 8.29. The van der Waals surface area contributed by atoms with Crippen molar-refractivity contribution in [2.45, 2.75) is 18.9 Å². The van der Waals surface area contributed by atoms with E-state index < -0.39 is 0 Å². The Balaban J connectivity index is 1.59. The largest absolute Gasteiger partial charge is 0.354 e. The molecule has 2 aromatic rings. The van der Waals surface area contributed by atoms with Crippen LogP contribution in [0.5, 0.6) is 0 Å². The van der Waals surface area contributed by atoms with Crippen LogP contribution in [0, 0.1) is 11.7 Å². The van der Waals surface area contributed by atoms with Gasteiger partial charge >= 0.3 is 0 Å². The average molecular weight is 404 g/mol. The minimum atomic E-state index is -0.286. The van der Waals surface area contributed by atoms with E-state index in [-0.39, 0.29) is 29.6 Å². The van der Waals surface area contributed by atoms with Crippen LogP contribution in [0.3, 0.4) is 0 Å². The molecule has 5 nitrogen and oxygen atoms in total. The van der Waals surface area contributed by atoms with Crippen LogP contribution in [0.1, 0.15) is 34.1 Å². The quantitative estimate of drug-likeness (QED) is 0.806. The van der Waals surface area contributed by atoms with Crippen molar-refractivity contribution in [2.75, 3.05) is 33.7 Å². The number of thiophene rings is 1. The topological polar surface area (TPSA) is 52.7 Å². The number of amides is 2. The van der Waals surface area contributed by atoms with Crippen LogP contribution in [-0.2, 0) is 4.79 Å². The molecule has 1 aromatic carbocycles. The first-order chi connectivity index (χ1) is 13.5. The van der Waals surface area contributed by atoms with E-state index in [2.05, 4.69) is 5.32 Å². The van der Waals surface area contributed by atoms with Gasteiger partial charge in [-0.2, -0.15) is 0 Å². The van der Waals surface area contributed by atoms with Crippen molar-refractivity contribution in [1.29, 1.82) is 0 Å². The van der Waals surface area contributed by atoms with Crippen LogP contribution in [0.4, 0.5) is 4.39 Å². The van der Waals surface area contributed by atoms with Crippen molar-refractivity contribution in [3.63, 3.8) is 0 Å². The van der Waals surface area contributed by atoms with Gasteiger partial charge in [-0.3, -0.25) is 9.59 Å². The first-order valence-electron chi connectivity index (χ1n) is 9.48. The van der Waals surface area contributed by atoms with Crippen molar-refractivity contribution < 1.29 is 14.0 Å². The van der Waals surface area contributed by atoms with Gasteiger partial charge in [0.1, 0.15) is 5.82 Å². The predicted molar refractivity (Wildman–Crippen MR) is 109 cm³/mol. The minimum Gasteiger partial charge on any atom is -0.354 e. The summed E-state index contributed by atoms with van der Waals surface area (Å²) in [6, 6.07) is 10.0. The number of piperidine rings is 1. The van der Waals surface area contributed by atoms with Gasteiger partial charge in [-0.15, -0.1) is 11.3 Å². The Bertz CT molecular complexity index is 810. The van der Waals surface area contributed by atoms with E-state index in [1.807, 2.05) is 42.6 Å². The smallest absolute Gasteiger partial charge is 0.263 e. The van der Waals surface area contributed by atoms with Gasteiger partial charge in [0, 0.05) is 19.6 Å². The van der Waals surface area contributed by atoms with Crippen molar-refractivity contribution in [1.82, 2.24) is 15.1 Å². The van der Waals surface area contributed by atoms with Crippen molar-refractivity contribution in [2.24, 2.45) is 5.92 Å². The van der Waals surface area contributed by atoms with Crippen molar-refractivity contribution in [3.05, 3.63) is 58.0 Å². The number of nitrogens with one attached hydrogen (secondary N) is 1. The van der Waals surface area contributed by atoms with E-state index in [4.69, 9.17) is 0 Å². The highest BCUT2D eigenvalue weighted by Crippen LogP contribution is 2.22. The highest BCUT2D eigenvalue weighted by molar-refractivity contribution is 7.12. The van der Waals surface area contributed by atoms with E-state index in [0.29, 0.717) is 24.5 Å². The standard InChI is InChI=1S/C21H26FN3O2S/c1-24(2)18(15-6-3-8-17(22)12-15)13-23-20(26)16-7-4-10-25(14-16)21(27)19-9-5-11-28-19/h3,5-6,8-9,11-12,16,18H,4,7,10,13-14H2,1-2H3,(H,23,26)/t16-,18+/m1/s1. The van der Waals surface area contributed by atoms with E-state index in [0.717, 1.165) is 18.4 Å². The summed E-state index contributed by atoms with van der Waals surface area (Å²) in [4.78, 5) is 29.7. The number of hydrogen-bond donors (Lipinski definition) is 1. The Labute approximate surface area is 169 Å². The second-order valence-electron chi connectivity index (χ2n) is 7.35. The molecule has 7 heteroatoms. The summed E-state index contributed by atoms with van der Waals surface area (Å²) in [5.74, 6) is -0.552. The van der Waals surface area contributed by atoms with Crippen LogP contribution in [0.15, 0.2) is 41.8 Å². The molecular weight excluding hydrogens is 377 g/mol. The second kappa shape index (κ2) is 9.30. The Kier molecular flexibility index (Phi) is 6.80. The van der Waals surface area contributed by atoms with Gasteiger partial charge in [0.15, 0.2) is 0 Å². The number of rotatable bonds is 6. The molecule has 2 heterocycles. The minimum absolute atomic E-state index is 0.00145. The molecule has 1 fully saturated rings. The van der Waals surface area contributed by atoms with Gasteiger partial charge in [0.05, 0.1) is 16.8 Å². The van der Waals surface area contributed by atoms with Crippen LogP contribution in [0.2, 0.25) is 0 Å². The molecule has 1 aromatic heterocycles. The van der Waals surface area contributed by atoms with Gasteiger partial charge in [0.25, 0.3) is 5.91 Å². The van der Waals surface area contributed by atoms with Crippen LogP contribution < -0.4 is 5.32 Å². The molecule has 1 aliphatic rings. The maximum atomic E-state index is 13.6. The molecule has 0 aliphatic carbocycles. The highest BCUT2D eigenvalue weighted by Gasteiger charge is 2.29. The molecule has 0 spiro atoms. The SMILES string of the molecule is CN(C)[C@@H](CNC(=O)[C@@H]1CCCN(C(=O)c2cccs2)C1)c1cccc(F)c1. The van der Waals surface area contributed by atoms with Gasteiger partial charge in [0.2, 0.25) is 5.91 Å². The number of carbonyl (C=O) groups is 2. The van der Waals surface area contributed by atoms with Crippen molar-refractivity contribution in [3.8, 4) is 0 Å². The molecule has 0 unspecified atom stereocenters. The molecule has 1 saturated heterocycles. The third kappa shape index (κ3) is 4.97. The number of likely N-dealkylation sites (tertiary alicyclic amines) is 1. The fraction of sp³-hybridized carbons (Fsp3) is 0.429. The Morgan fingerprint density at radius 2 is 2.14 bits per heavy atom. The molecule has 1 N–H and O–H groups in total. The van der Waals surface area contributed by atoms with Gasteiger partial charge in [-0.1, -0.05) is 18.2 Å². The molecule has 2 amide bonds. The summed E-state index contributed by atoms with van der Waals surface area (Å²) in [7, 11) is 3.81. The lowest BCUT2D eigenvalue weighted by Gasteiger charge is -2.32. The van der Waals surface area contributed by atoms with Crippen molar-refractivity contribution >= 4 is 23.2 Å². The maximum absolute atomic E-state index is 13.6. The third-order valence-electron chi connectivity index (χ3n) is 5.14. The van der Waals surface area contributed by atoms with E-state index in [9.17, 15) is 14.0 Å². The summed E-state index contributed by atoms with van der Waals surface area (Å²) >= 11 is 1.42. The van der Waals surface area contributed by atoms with Gasteiger partial charge in [-0.05, 0) is 56.1 Å².